The second-order valence-electron chi connectivity index (χ2n) is 6.52. The van der Waals surface area contributed by atoms with E-state index in [4.69, 9.17) is 0 Å². The van der Waals surface area contributed by atoms with Crippen LogP contribution >= 0.6 is 24.0 Å². The molecule has 2 heterocycles. The maximum Gasteiger partial charge on any atom is 0.191 e. The van der Waals surface area contributed by atoms with Crippen molar-refractivity contribution < 1.29 is 0 Å². The van der Waals surface area contributed by atoms with E-state index in [-0.39, 0.29) is 24.0 Å². The Morgan fingerprint density at radius 1 is 1.04 bits per heavy atom. The molecular formula is C22H30IN5. The van der Waals surface area contributed by atoms with E-state index < -0.39 is 0 Å². The Labute approximate surface area is 184 Å². The molecule has 6 heteroatoms. The number of halogens is 1. The van der Waals surface area contributed by atoms with Crippen LogP contribution in [-0.4, -0.2) is 35.6 Å². The number of hydrogen-bond donors (Lipinski definition) is 3. The van der Waals surface area contributed by atoms with Crippen LogP contribution in [0.4, 0.5) is 0 Å². The molecule has 3 aromatic rings. The van der Waals surface area contributed by atoms with Crippen molar-refractivity contribution >= 4 is 40.8 Å². The Bertz CT molecular complexity index is 873. The number of nitrogens with one attached hydrogen (secondary N) is 3. The van der Waals surface area contributed by atoms with Crippen LogP contribution in [0.5, 0.6) is 0 Å². The summed E-state index contributed by atoms with van der Waals surface area (Å²) in [5, 5.41) is 8.09. The topological polar surface area (TPSA) is 65.1 Å². The van der Waals surface area contributed by atoms with Gasteiger partial charge in [-0.25, -0.2) is 0 Å². The lowest BCUT2D eigenvalue weighted by molar-refractivity contribution is 0.796. The fourth-order valence-electron chi connectivity index (χ4n) is 3.26. The van der Waals surface area contributed by atoms with Gasteiger partial charge < -0.3 is 15.6 Å². The van der Waals surface area contributed by atoms with E-state index in [0.29, 0.717) is 0 Å². The van der Waals surface area contributed by atoms with Gasteiger partial charge in [0.1, 0.15) is 0 Å². The molecule has 0 aliphatic heterocycles. The number of para-hydroxylation sites is 1. The van der Waals surface area contributed by atoms with Gasteiger partial charge in [-0.2, -0.15) is 0 Å². The largest absolute Gasteiger partial charge is 0.361 e. The molecule has 1 aromatic carbocycles. The molecule has 0 radical (unpaired) electrons. The molecule has 0 unspecified atom stereocenters. The van der Waals surface area contributed by atoms with Crippen molar-refractivity contribution in [1.29, 1.82) is 0 Å². The molecule has 0 bridgehead atoms. The van der Waals surface area contributed by atoms with Gasteiger partial charge in [0.2, 0.25) is 0 Å². The molecule has 0 atom stereocenters. The predicted octanol–water partition coefficient (Wildman–Crippen LogP) is 4.08. The maximum absolute atomic E-state index is 4.66. The smallest absolute Gasteiger partial charge is 0.191 e. The van der Waals surface area contributed by atoms with Crippen molar-refractivity contribution in [3.05, 3.63) is 65.6 Å². The average Bonchev–Trinajstić information content (AvgIpc) is 3.12. The molecule has 5 nitrogen and oxygen atoms in total. The molecule has 0 fully saturated rings. The fraction of sp³-hybridized carbons (Fsp3) is 0.364. The van der Waals surface area contributed by atoms with Crippen molar-refractivity contribution in [3.63, 3.8) is 0 Å². The Morgan fingerprint density at radius 2 is 1.93 bits per heavy atom. The quantitative estimate of drug-likeness (QED) is 0.253. The first-order valence-corrected chi connectivity index (χ1v) is 9.81. The number of rotatable bonds is 8. The number of aromatic nitrogens is 2. The summed E-state index contributed by atoms with van der Waals surface area (Å²) < 4.78 is 0. The highest BCUT2D eigenvalue weighted by Crippen LogP contribution is 2.22. The van der Waals surface area contributed by atoms with E-state index in [1.165, 1.54) is 22.0 Å². The van der Waals surface area contributed by atoms with Crippen LogP contribution in [0.15, 0.2) is 53.8 Å². The lowest BCUT2D eigenvalue weighted by Gasteiger charge is -2.11. The van der Waals surface area contributed by atoms with Gasteiger partial charge in [-0.3, -0.25) is 9.98 Å². The zero-order valence-electron chi connectivity index (χ0n) is 16.7. The highest BCUT2D eigenvalue weighted by atomic mass is 127. The molecule has 28 heavy (non-hydrogen) atoms. The van der Waals surface area contributed by atoms with Crippen molar-refractivity contribution in [3.8, 4) is 0 Å². The second kappa shape index (κ2) is 11.7. The van der Waals surface area contributed by atoms with Gasteiger partial charge in [0.15, 0.2) is 5.96 Å². The fourth-order valence-corrected chi connectivity index (χ4v) is 3.26. The first-order valence-electron chi connectivity index (χ1n) is 9.81. The Kier molecular flexibility index (Phi) is 9.27. The average molecular weight is 491 g/mol. The SMILES string of the molecule is CCNC(=NCCc1ccccn1)NCCc1c[nH]c2c(CC)cccc12.I. The van der Waals surface area contributed by atoms with E-state index in [0.717, 1.165) is 50.6 Å². The minimum absolute atomic E-state index is 0. The number of benzene rings is 1. The molecule has 150 valence electrons. The van der Waals surface area contributed by atoms with E-state index in [2.05, 4.69) is 63.8 Å². The summed E-state index contributed by atoms with van der Waals surface area (Å²) in [6.07, 6.45) is 6.81. The molecule has 0 spiro atoms. The molecular weight excluding hydrogens is 461 g/mol. The van der Waals surface area contributed by atoms with Crippen LogP contribution in [-0.2, 0) is 19.3 Å². The van der Waals surface area contributed by atoms with Gasteiger partial charge in [0.25, 0.3) is 0 Å². The molecule has 0 aliphatic carbocycles. The molecule has 2 aromatic heterocycles. The van der Waals surface area contributed by atoms with Gasteiger partial charge in [0, 0.05) is 55.0 Å². The minimum atomic E-state index is 0. The molecule has 3 N–H and O–H groups in total. The van der Waals surface area contributed by atoms with Crippen LogP contribution in [0, 0.1) is 0 Å². The normalized spacial score (nSPS) is 11.3. The summed E-state index contributed by atoms with van der Waals surface area (Å²) in [5.41, 5.74) is 5.06. The number of fused-ring (bicyclic) bond motifs is 1. The van der Waals surface area contributed by atoms with Gasteiger partial charge in [-0.15, -0.1) is 24.0 Å². The van der Waals surface area contributed by atoms with Crippen molar-refractivity contribution in [2.24, 2.45) is 4.99 Å². The van der Waals surface area contributed by atoms with Crippen molar-refractivity contribution in [2.45, 2.75) is 33.1 Å². The standard InChI is InChI=1S/C22H29N5.HI/c1-3-17-8-7-10-20-18(16-27-21(17)20)11-14-25-22(23-4-2)26-15-12-19-9-5-6-13-24-19;/h5-10,13,16,27H,3-4,11-12,14-15H2,1-2H3,(H2,23,25,26);1H. The summed E-state index contributed by atoms with van der Waals surface area (Å²) in [6.45, 7) is 6.70. The number of H-pyrrole nitrogens is 1. The highest BCUT2D eigenvalue weighted by Gasteiger charge is 2.06. The van der Waals surface area contributed by atoms with E-state index in [1.54, 1.807) is 0 Å². The Hall–Kier alpha value is -2.09. The van der Waals surface area contributed by atoms with E-state index >= 15 is 0 Å². The van der Waals surface area contributed by atoms with Gasteiger partial charge >= 0.3 is 0 Å². The van der Waals surface area contributed by atoms with Gasteiger partial charge in [0.05, 0.1) is 0 Å². The number of pyridine rings is 1. The third-order valence-electron chi connectivity index (χ3n) is 4.66. The van der Waals surface area contributed by atoms with E-state index in [1.807, 2.05) is 24.4 Å². The van der Waals surface area contributed by atoms with Crippen LogP contribution in [0.25, 0.3) is 10.9 Å². The second-order valence-corrected chi connectivity index (χ2v) is 6.52. The molecule has 0 saturated carbocycles. The predicted molar refractivity (Wildman–Crippen MR) is 129 cm³/mol. The summed E-state index contributed by atoms with van der Waals surface area (Å²) in [6, 6.07) is 12.5. The minimum Gasteiger partial charge on any atom is -0.361 e. The molecule has 0 saturated heterocycles. The number of nitrogens with zero attached hydrogens (tertiary/aromatic N) is 2. The van der Waals surface area contributed by atoms with Crippen LogP contribution in [0.1, 0.15) is 30.7 Å². The monoisotopic (exact) mass is 491 g/mol. The molecule has 0 aliphatic rings. The van der Waals surface area contributed by atoms with Crippen molar-refractivity contribution in [1.82, 2.24) is 20.6 Å². The van der Waals surface area contributed by atoms with E-state index in [9.17, 15) is 0 Å². The third kappa shape index (κ3) is 5.95. The summed E-state index contributed by atoms with van der Waals surface area (Å²) in [5.74, 6) is 0.863. The van der Waals surface area contributed by atoms with Crippen LogP contribution in [0.3, 0.4) is 0 Å². The van der Waals surface area contributed by atoms with Crippen molar-refractivity contribution in [2.75, 3.05) is 19.6 Å². The summed E-state index contributed by atoms with van der Waals surface area (Å²) in [7, 11) is 0. The third-order valence-corrected chi connectivity index (χ3v) is 4.66. The number of aryl methyl sites for hydroxylation is 1. The van der Waals surface area contributed by atoms with Crippen LogP contribution < -0.4 is 10.6 Å². The zero-order chi connectivity index (χ0) is 18.9. The van der Waals surface area contributed by atoms with Gasteiger partial charge in [-0.1, -0.05) is 31.2 Å². The first kappa shape index (κ1) is 22.2. The lowest BCUT2D eigenvalue weighted by Crippen LogP contribution is -2.38. The maximum atomic E-state index is 4.66. The van der Waals surface area contributed by atoms with Gasteiger partial charge in [-0.05, 0) is 43.0 Å². The molecule has 0 amide bonds. The Balaban J connectivity index is 0.00000280. The number of aromatic amines is 1. The summed E-state index contributed by atoms with van der Waals surface area (Å²) in [4.78, 5) is 12.5. The highest BCUT2D eigenvalue weighted by molar-refractivity contribution is 14.0. The first-order chi connectivity index (χ1) is 13.3. The van der Waals surface area contributed by atoms with Crippen LogP contribution in [0.2, 0.25) is 0 Å². The molecule has 3 rings (SSSR count). The number of guanidine groups is 1. The lowest BCUT2D eigenvalue weighted by atomic mass is 10.1. The zero-order valence-corrected chi connectivity index (χ0v) is 19.0. The summed E-state index contributed by atoms with van der Waals surface area (Å²) >= 11 is 0. The number of aliphatic imine (C=N–C) groups is 1. The Morgan fingerprint density at radius 3 is 2.68 bits per heavy atom. The number of hydrogen-bond acceptors (Lipinski definition) is 2.